The minimum Gasteiger partial charge on any atom is -0.497 e. The highest BCUT2D eigenvalue weighted by Gasteiger charge is 2.36. The van der Waals surface area contributed by atoms with Crippen LogP contribution in [0.4, 0.5) is 0 Å². The van der Waals surface area contributed by atoms with Gasteiger partial charge >= 0.3 is 5.97 Å². The van der Waals surface area contributed by atoms with Crippen LogP contribution in [-0.2, 0) is 9.53 Å². The van der Waals surface area contributed by atoms with Crippen molar-refractivity contribution in [3.05, 3.63) is 90.6 Å². The number of hydrogen-bond donors (Lipinski definition) is 0. The first-order chi connectivity index (χ1) is 19.8. The van der Waals surface area contributed by atoms with Crippen molar-refractivity contribution in [2.24, 2.45) is 4.99 Å². The zero-order valence-electron chi connectivity index (χ0n) is 23.6. The normalized spacial score (nSPS) is 14.9. The Balaban J connectivity index is 1.83. The summed E-state index contributed by atoms with van der Waals surface area (Å²) in [7, 11) is 6.27. The molecule has 3 aromatic carbocycles. The number of rotatable bonds is 8. The van der Waals surface area contributed by atoms with Crippen molar-refractivity contribution in [2.45, 2.75) is 19.9 Å². The molecule has 9 nitrogen and oxygen atoms in total. The van der Waals surface area contributed by atoms with E-state index in [2.05, 4.69) is 4.99 Å². The summed E-state index contributed by atoms with van der Waals surface area (Å²) in [6.07, 6.45) is 1.77. The SMILES string of the molecule is CCOC(=O)C1=C(C)N=c2sc(=Cc3ccc(OC)c(OC)c3)c(=O)n2C1c1c(OC)ccc2ccc(OC)cc12. The molecule has 0 saturated heterocycles. The number of allylic oxidation sites excluding steroid dienone is 1. The first-order valence-electron chi connectivity index (χ1n) is 12.9. The predicted octanol–water partition coefficient (Wildman–Crippen LogP) is 3.99. The Morgan fingerprint density at radius 3 is 2.34 bits per heavy atom. The Morgan fingerprint density at radius 1 is 0.951 bits per heavy atom. The minimum absolute atomic E-state index is 0.173. The van der Waals surface area contributed by atoms with Crippen LogP contribution >= 0.6 is 11.3 Å². The lowest BCUT2D eigenvalue weighted by atomic mass is 9.90. The highest BCUT2D eigenvalue weighted by atomic mass is 32.1. The molecule has 0 fully saturated rings. The van der Waals surface area contributed by atoms with E-state index in [0.29, 0.717) is 43.6 Å². The molecule has 4 aromatic rings. The van der Waals surface area contributed by atoms with Crippen LogP contribution in [0.25, 0.3) is 16.8 Å². The van der Waals surface area contributed by atoms with Crippen LogP contribution in [-0.4, -0.2) is 45.6 Å². The van der Waals surface area contributed by atoms with Gasteiger partial charge in [0.05, 0.1) is 50.8 Å². The number of carbonyl (C=O) groups excluding carboxylic acids is 1. The average Bonchev–Trinajstić information content (AvgIpc) is 3.29. The number of fused-ring (bicyclic) bond motifs is 2. The van der Waals surface area contributed by atoms with E-state index in [9.17, 15) is 9.59 Å². The Bertz CT molecular complexity index is 1860. The lowest BCUT2D eigenvalue weighted by Gasteiger charge is -2.27. The molecule has 0 bridgehead atoms. The summed E-state index contributed by atoms with van der Waals surface area (Å²) in [6.45, 7) is 3.67. The second-order valence-corrected chi connectivity index (χ2v) is 10.2. The zero-order chi connectivity index (χ0) is 29.3. The average molecular weight is 575 g/mol. The maximum absolute atomic E-state index is 14.2. The molecule has 2 heterocycles. The first-order valence-corrected chi connectivity index (χ1v) is 13.7. The summed E-state index contributed by atoms with van der Waals surface area (Å²) in [4.78, 5) is 32.8. The van der Waals surface area contributed by atoms with Crippen LogP contribution in [0.3, 0.4) is 0 Å². The monoisotopic (exact) mass is 574 g/mol. The molecule has 1 unspecified atom stereocenters. The van der Waals surface area contributed by atoms with Gasteiger partial charge < -0.3 is 23.7 Å². The number of benzene rings is 3. The van der Waals surface area contributed by atoms with Gasteiger partial charge in [-0.15, -0.1) is 0 Å². The maximum Gasteiger partial charge on any atom is 0.338 e. The minimum atomic E-state index is -0.858. The van der Waals surface area contributed by atoms with Crippen LogP contribution in [0.15, 0.2) is 69.6 Å². The topological polar surface area (TPSA) is 97.6 Å². The smallest absolute Gasteiger partial charge is 0.338 e. The molecule has 0 aliphatic carbocycles. The number of aromatic nitrogens is 1. The number of ether oxygens (including phenoxy) is 5. The summed E-state index contributed by atoms with van der Waals surface area (Å²) < 4.78 is 29.6. The Labute approximate surface area is 240 Å². The second kappa shape index (κ2) is 11.5. The molecule has 1 aliphatic rings. The standard InChI is InChI=1S/C31H30N2O7S/c1-7-40-30(35)26-17(2)32-31-33(29(34)25(41-31)15-18-8-12-22(37-4)24(14-18)39-6)28(26)27-21-16-20(36-3)11-9-19(21)10-13-23(27)38-5/h8-16,28H,7H2,1-6H3. The lowest BCUT2D eigenvalue weighted by Crippen LogP contribution is -2.40. The third-order valence-electron chi connectivity index (χ3n) is 6.95. The molecular formula is C31H30N2O7S. The number of carbonyl (C=O) groups is 1. The van der Waals surface area contributed by atoms with Crippen LogP contribution in [0.5, 0.6) is 23.0 Å². The third-order valence-corrected chi connectivity index (χ3v) is 7.93. The molecule has 1 aliphatic heterocycles. The third kappa shape index (κ3) is 4.95. The van der Waals surface area contributed by atoms with Crippen molar-refractivity contribution >= 4 is 34.2 Å². The summed E-state index contributed by atoms with van der Waals surface area (Å²) in [6, 6.07) is 14.0. The first kappa shape index (κ1) is 28.0. The second-order valence-electron chi connectivity index (χ2n) is 9.19. The van der Waals surface area contributed by atoms with Gasteiger partial charge in [0.25, 0.3) is 5.56 Å². The molecule has 5 rings (SSSR count). The Morgan fingerprint density at radius 2 is 1.66 bits per heavy atom. The molecule has 1 atom stereocenters. The number of methoxy groups -OCH3 is 4. The van der Waals surface area contributed by atoms with E-state index in [1.54, 1.807) is 65.1 Å². The highest BCUT2D eigenvalue weighted by molar-refractivity contribution is 7.07. The van der Waals surface area contributed by atoms with Crippen molar-refractivity contribution in [2.75, 3.05) is 35.0 Å². The van der Waals surface area contributed by atoms with Gasteiger partial charge in [0.15, 0.2) is 16.3 Å². The molecule has 0 spiro atoms. The van der Waals surface area contributed by atoms with E-state index in [1.807, 2.05) is 36.4 Å². The van der Waals surface area contributed by atoms with Gasteiger partial charge in [-0.3, -0.25) is 9.36 Å². The van der Waals surface area contributed by atoms with Gasteiger partial charge in [-0.1, -0.05) is 29.5 Å². The fourth-order valence-electron chi connectivity index (χ4n) is 5.05. The fourth-order valence-corrected chi connectivity index (χ4v) is 6.09. The van der Waals surface area contributed by atoms with Gasteiger partial charge in [-0.25, -0.2) is 9.79 Å². The lowest BCUT2D eigenvalue weighted by molar-refractivity contribution is -0.139. The number of hydrogen-bond acceptors (Lipinski definition) is 9. The maximum atomic E-state index is 14.2. The number of esters is 1. The summed E-state index contributed by atoms with van der Waals surface area (Å²) in [5.41, 5.74) is 1.82. The summed E-state index contributed by atoms with van der Waals surface area (Å²) >= 11 is 1.24. The van der Waals surface area contributed by atoms with Crippen LogP contribution in [0.2, 0.25) is 0 Å². The van der Waals surface area contributed by atoms with Gasteiger partial charge in [-0.2, -0.15) is 0 Å². The largest absolute Gasteiger partial charge is 0.497 e. The van der Waals surface area contributed by atoms with Crippen molar-refractivity contribution in [3.63, 3.8) is 0 Å². The van der Waals surface area contributed by atoms with Crippen molar-refractivity contribution in [1.82, 2.24) is 4.57 Å². The van der Waals surface area contributed by atoms with Crippen molar-refractivity contribution in [3.8, 4) is 23.0 Å². The number of nitrogens with zero attached hydrogens (tertiary/aromatic N) is 2. The summed E-state index contributed by atoms with van der Waals surface area (Å²) in [5, 5.41) is 1.67. The molecule has 0 amide bonds. The van der Waals surface area contributed by atoms with E-state index in [-0.39, 0.29) is 17.7 Å². The molecule has 41 heavy (non-hydrogen) atoms. The van der Waals surface area contributed by atoms with E-state index in [1.165, 1.54) is 11.3 Å². The van der Waals surface area contributed by atoms with Crippen molar-refractivity contribution in [1.29, 1.82) is 0 Å². The molecular weight excluding hydrogens is 544 g/mol. The summed E-state index contributed by atoms with van der Waals surface area (Å²) in [5.74, 6) is 1.73. The molecule has 0 saturated carbocycles. The van der Waals surface area contributed by atoms with Gasteiger partial charge in [-0.05, 0) is 66.6 Å². The van der Waals surface area contributed by atoms with E-state index >= 15 is 0 Å². The predicted molar refractivity (Wildman–Crippen MR) is 157 cm³/mol. The zero-order valence-corrected chi connectivity index (χ0v) is 24.5. The molecule has 1 aromatic heterocycles. The Hall–Kier alpha value is -4.57. The Kier molecular flexibility index (Phi) is 7.85. The fraction of sp³-hybridized carbons (Fsp3) is 0.258. The van der Waals surface area contributed by atoms with Crippen molar-refractivity contribution < 1.29 is 28.5 Å². The van der Waals surface area contributed by atoms with Gasteiger partial charge in [0.1, 0.15) is 17.5 Å². The highest BCUT2D eigenvalue weighted by Crippen LogP contribution is 2.41. The van der Waals surface area contributed by atoms with E-state index in [0.717, 1.165) is 16.3 Å². The van der Waals surface area contributed by atoms with Gasteiger partial charge in [0, 0.05) is 5.56 Å². The van der Waals surface area contributed by atoms with Crippen LogP contribution in [0, 0.1) is 0 Å². The van der Waals surface area contributed by atoms with E-state index in [4.69, 9.17) is 23.7 Å². The van der Waals surface area contributed by atoms with Crippen LogP contribution < -0.4 is 33.8 Å². The molecule has 212 valence electrons. The molecule has 0 N–H and O–H groups in total. The molecule has 10 heteroatoms. The number of thiazole rings is 1. The van der Waals surface area contributed by atoms with Gasteiger partial charge in [0.2, 0.25) is 0 Å². The van der Waals surface area contributed by atoms with E-state index < -0.39 is 12.0 Å². The van der Waals surface area contributed by atoms with Crippen LogP contribution in [0.1, 0.15) is 31.0 Å². The molecule has 0 radical (unpaired) electrons. The quantitative estimate of drug-likeness (QED) is 0.294.